The van der Waals surface area contributed by atoms with E-state index in [1.54, 1.807) is 0 Å². The molecule has 0 unspecified atom stereocenters. The molecule has 112 valence electrons. The maximum Gasteiger partial charge on any atom is 0.320 e. The number of rotatable bonds is 3. The summed E-state index contributed by atoms with van der Waals surface area (Å²) in [6.45, 7) is 0. The van der Waals surface area contributed by atoms with Gasteiger partial charge in [-0.1, -0.05) is 5.10 Å². The lowest BCUT2D eigenvalue weighted by Crippen LogP contribution is -1.91. The minimum atomic E-state index is -1.58. The Morgan fingerprint density at radius 1 is 0.864 bits per heavy atom. The van der Waals surface area contributed by atoms with Crippen LogP contribution in [-0.2, 0) is 0 Å². The predicted molar refractivity (Wildman–Crippen MR) is 69.3 cm³/mol. The molecule has 1 N–H and O–H groups in total. The number of aromatic nitrogens is 2. The molecule has 22 heavy (non-hydrogen) atoms. The quantitative estimate of drug-likeness (QED) is 0.586. The molecule has 2 aromatic carbocycles. The third-order valence-electron chi connectivity index (χ3n) is 2.75. The summed E-state index contributed by atoms with van der Waals surface area (Å²) in [5.74, 6) is -4.90. The van der Waals surface area contributed by atoms with Crippen LogP contribution < -0.4 is 5.32 Å². The van der Waals surface area contributed by atoms with E-state index in [1.807, 2.05) is 0 Å². The van der Waals surface area contributed by atoms with Crippen LogP contribution in [0.2, 0.25) is 0 Å². The Balaban J connectivity index is 1.86. The zero-order valence-corrected chi connectivity index (χ0v) is 10.8. The van der Waals surface area contributed by atoms with Crippen molar-refractivity contribution in [3.8, 4) is 11.5 Å². The van der Waals surface area contributed by atoms with Gasteiger partial charge in [-0.25, -0.2) is 17.6 Å². The summed E-state index contributed by atoms with van der Waals surface area (Å²) in [7, 11) is 0. The highest BCUT2D eigenvalue weighted by molar-refractivity contribution is 5.56. The minimum absolute atomic E-state index is 0.0632. The van der Waals surface area contributed by atoms with Crippen molar-refractivity contribution < 1.29 is 22.0 Å². The molecule has 0 spiro atoms. The maximum absolute atomic E-state index is 13.2. The number of nitrogens with one attached hydrogen (secondary N) is 1. The summed E-state index contributed by atoms with van der Waals surface area (Å²) in [6, 6.07) is 6.76. The zero-order valence-electron chi connectivity index (χ0n) is 10.8. The van der Waals surface area contributed by atoms with Crippen LogP contribution in [0, 0.1) is 23.3 Å². The normalized spacial score (nSPS) is 10.7. The standard InChI is InChI=1S/C14H7F4N3O/c15-8-1-3-9(4-2-8)19-14-21-20-13(22-14)7-5-10(16)12(18)11(17)6-7/h1-6H,(H,19,21). The number of anilines is 2. The lowest BCUT2D eigenvalue weighted by atomic mass is 10.2. The van der Waals surface area contributed by atoms with Crippen LogP contribution >= 0.6 is 0 Å². The number of halogens is 4. The van der Waals surface area contributed by atoms with Crippen LogP contribution in [0.15, 0.2) is 40.8 Å². The fourth-order valence-electron chi connectivity index (χ4n) is 1.73. The summed E-state index contributed by atoms with van der Waals surface area (Å²) in [5, 5.41) is 9.93. The summed E-state index contributed by atoms with van der Waals surface area (Å²) < 4.78 is 57.2. The van der Waals surface area contributed by atoms with E-state index in [-0.39, 0.29) is 17.5 Å². The van der Waals surface area contributed by atoms with Crippen LogP contribution in [0.4, 0.5) is 29.3 Å². The van der Waals surface area contributed by atoms with Crippen molar-refractivity contribution in [1.29, 1.82) is 0 Å². The fourth-order valence-corrected chi connectivity index (χ4v) is 1.73. The van der Waals surface area contributed by atoms with Crippen LogP contribution in [-0.4, -0.2) is 10.2 Å². The number of hydrogen-bond acceptors (Lipinski definition) is 4. The molecule has 0 saturated heterocycles. The van der Waals surface area contributed by atoms with Crippen molar-refractivity contribution in [2.24, 2.45) is 0 Å². The first-order valence-corrected chi connectivity index (χ1v) is 6.04. The topological polar surface area (TPSA) is 51.0 Å². The monoisotopic (exact) mass is 309 g/mol. The molecule has 0 aliphatic heterocycles. The molecule has 0 aliphatic rings. The van der Waals surface area contributed by atoms with Gasteiger partial charge in [0, 0.05) is 11.3 Å². The van der Waals surface area contributed by atoms with Crippen molar-refractivity contribution in [2.45, 2.75) is 0 Å². The summed E-state index contributed by atoms with van der Waals surface area (Å²) in [4.78, 5) is 0. The van der Waals surface area contributed by atoms with E-state index >= 15 is 0 Å². The van der Waals surface area contributed by atoms with Gasteiger partial charge >= 0.3 is 6.01 Å². The van der Waals surface area contributed by atoms with Crippen LogP contribution in [0.5, 0.6) is 0 Å². The summed E-state index contributed by atoms with van der Waals surface area (Å²) in [6.07, 6.45) is 0. The average molecular weight is 309 g/mol. The molecule has 0 amide bonds. The molecule has 0 saturated carbocycles. The molecule has 0 bridgehead atoms. The summed E-state index contributed by atoms with van der Waals surface area (Å²) in [5.41, 5.74) is 0.379. The van der Waals surface area contributed by atoms with E-state index in [0.29, 0.717) is 5.69 Å². The largest absolute Gasteiger partial charge is 0.403 e. The summed E-state index contributed by atoms with van der Waals surface area (Å²) >= 11 is 0. The van der Waals surface area contributed by atoms with Crippen molar-refractivity contribution in [1.82, 2.24) is 10.2 Å². The van der Waals surface area contributed by atoms with Crippen LogP contribution in [0.25, 0.3) is 11.5 Å². The van der Waals surface area contributed by atoms with Crippen molar-refractivity contribution >= 4 is 11.7 Å². The maximum atomic E-state index is 13.2. The third kappa shape index (κ3) is 2.76. The van der Waals surface area contributed by atoms with Gasteiger partial charge in [0.25, 0.3) is 0 Å². The Kier molecular flexibility index (Phi) is 3.50. The van der Waals surface area contributed by atoms with Gasteiger partial charge in [-0.05, 0) is 36.4 Å². The molecular formula is C14H7F4N3O. The van der Waals surface area contributed by atoms with E-state index in [0.717, 1.165) is 12.1 Å². The first kappa shape index (κ1) is 14.1. The van der Waals surface area contributed by atoms with Gasteiger partial charge < -0.3 is 9.73 Å². The van der Waals surface area contributed by atoms with Crippen molar-refractivity contribution in [3.63, 3.8) is 0 Å². The number of nitrogens with zero attached hydrogens (tertiary/aromatic N) is 2. The third-order valence-corrected chi connectivity index (χ3v) is 2.75. The highest BCUT2D eigenvalue weighted by atomic mass is 19.2. The molecular weight excluding hydrogens is 302 g/mol. The van der Waals surface area contributed by atoms with Crippen molar-refractivity contribution in [2.75, 3.05) is 5.32 Å². The predicted octanol–water partition coefficient (Wildman–Crippen LogP) is 4.04. The van der Waals surface area contributed by atoms with Gasteiger partial charge in [0.1, 0.15) is 5.82 Å². The second-order valence-electron chi connectivity index (χ2n) is 4.30. The van der Waals surface area contributed by atoms with Gasteiger partial charge in [-0.15, -0.1) is 5.10 Å². The molecule has 8 heteroatoms. The van der Waals surface area contributed by atoms with Crippen LogP contribution in [0.3, 0.4) is 0 Å². The van der Waals surface area contributed by atoms with E-state index in [4.69, 9.17) is 4.42 Å². The molecule has 0 radical (unpaired) electrons. The molecule has 3 rings (SSSR count). The van der Waals surface area contributed by atoms with Crippen LogP contribution in [0.1, 0.15) is 0 Å². The number of benzene rings is 2. The minimum Gasteiger partial charge on any atom is -0.403 e. The molecule has 1 heterocycles. The second-order valence-corrected chi connectivity index (χ2v) is 4.30. The Bertz CT molecular complexity index is 794. The second kappa shape index (κ2) is 5.47. The highest BCUT2D eigenvalue weighted by Gasteiger charge is 2.15. The van der Waals surface area contributed by atoms with Gasteiger partial charge in [-0.3, -0.25) is 0 Å². The first-order valence-electron chi connectivity index (χ1n) is 6.04. The average Bonchev–Trinajstić information content (AvgIpc) is 2.95. The van der Waals surface area contributed by atoms with Gasteiger partial charge in [0.15, 0.2) is 17.5 Å². The SMILES string of the molecule is Fc1ccc(Nc2nnc(-c3cc(F)c(F)c(F)c3)o2)cc1. The zero-order chi connectivity index (χ0) is 15.7. The highest BCUT2D eigenvalue weighted by Crippen LogP contribution is 2.25. The Hall–Kier alpha value is -2.90. The Morgan fingerprint density at radius 2 is 1.50 bits per heavy atom. The van der Waals surface area contributed by atoms with E-state index < -0.39 is 23.3 Å². The molecule has 0 fully saturated rings. The van der Waals surface area contributed by atoms with Gasteiger partial charge in [-0.2, -0.15) is 0 Å². The van der Waals surface area contributed by atoms with E-state index in [9.17, 15) is 17.6 Å². The molecule has 4 nitrogen and oxygen atoms in total. The van der Waals surface area contributed by atoms with Gasteiger partial charge in [0.2, 0.25) is 5.89 Å². The molecule has 0 aliphatic carbocycles. The smallest absolute Gasteiger partial charge is 0.320 e. The lowest BCUT2D eigenvalue weighted by molar-refractivity contribution is 0.447. The number of hydrogen-bond donors (Lipinski definition) is 1. The van der Waals surface area contributed by atoms with E-state index in [2.05, 4.69) is 15.5 Å². The van der Waals surface area contributed by atoms with Gasteiger partial charge in [0.05, 0.1) is 0 Å². The first-order chi connectivity index (χ1) is 10.5. The van der Waals surface area contributed by atoms with E-state index in [1.165, 1.54) is 24.3 Å². The molecule has 3 aromatic rings. The molecule has 1 aromatic heterocycles. The molecule has 0 atom stereocenters. The lowest BCUT2D eigenvalue weighted by Gasteiger charge is -2.00. The van der Waals surface area contributed by atoms with Crippen molar-refractivity contribution in [3.05, 3.63) is 59.7 Å². The Labute approximate surface area is 121 Å². The fraction of sp³-hybridized carbons (Fsp3) is 0. The Morgan fingerprint density at radius 3 is 2.14 bits per heavy atom.